The number of hydrogen-bond donors (Lipinski definition) is 1. The molecule has 3 heterocycles. The molecule has 1 N–H and O–H groups in total. The summed E-state index contributed by atoms with van der Waals surface area (Å²) in [5.74, 6) is 0.128. The van der Waals surface area contributed by atoms with Gasteiger partial charge in [-0.3, -0.25) is 10.3 Å². The van der Waals surface area contributed by atoms with Crippen molar-refractivity contribution in [3.63, 3.8) is 0 Å². The Morgan fingerprint density at radius 3 is 2.62 bits per heavy atom. The molecule has 9 nitrogen and oxygen atoms in total. The number of halogens is 3. The first-order chi connectivity index (χ1) is 19.2. The van der Waals surface area contributed by atoms with E-state index in [1.807, 2.05) is 6.07 Å². The van der Waals surface area contributed by atoms with Crippen molar-refractivity contribution in [1.29, 1.82) is 0 Å². The maximum absolute atomic E-state index is 15.2. The molecule has 5 aromatic rings. The number of nitrogens with one attached hydrogen (secondary N) is 1. The molecule has 0 aliphatic rings. The van der Waals surface area contributed by atoms with Crippen LogP contribution in [0.25, 0.3) is 31.7 Å². The molecule has 0 spiro atoms. The van der Waals surface area contributed by atoms with Crippen LogP contribution in [-0.4, -0.2) is 48.0 Å². The molecule has 0 saturated carbocycles. The topological polar surface area (TPSA) is 105 Å². The summed E-state index contributed by atoms with van der Waals surface area (Å²) in [5, 5.41) is 4.16. The van der Waals surface area contributed by atoms with Crippen LogP contribution in [0.15, 0.2) is 48.8 Å². The number of pyridine rings is 2. The average Bonchev–Trinajstić information content (AvgIpc) is 3.38. The summed E-state index contributed by atoms with van der Waals surface area (Å²) >= 11 is 14.0. The first-order valence-electron chi connectivity index (χ1n) is 11.8. The highest BCUT2D eigenvalue weighted by atomic mass is 35.5. The second-order valence-corrected chi connectivity index (χ2v) is 10.4. The largest absolute Gasteiger partial charge is 0.495 e. The van der Waals surface area contributed by atoms with Crippen molar-refractivity contribution in [3.05, 3.63) is 64.7 Å². The van der Waals surface area contributed by atoms with Gasteiger partial charge in [-0.2, -0.15) is 0 Å². The monoisotopic (exact) mass is 602 g/mol. The Hall–Kier alpha value is -3.93. The molecule has 206 valence electrons. The van der Waals surface area contributed by atoms with Crippen molar-refractivity contribution < 1.29 is 28.1 Å². The minimum Gasteiger partial charge on any atom is -0.495 e. The van der Waals surface area contributed by atoms with E-state index in [2.05, 4.69) is 20.3 Å². The minimum atomic E-state index is -0.773. The van der Waals surface area contributed by atoms with Crippen LogP contribution in [0.5, 0.6) is 17.4 Å². The van der Waals surface area contributed by atoms with Crippen molar-refractivity contribution >= 4 is 67.4 Å². The van der Waals surface area contributed by atoms with Gasteiger partial charge in [0.05, 0.1) is 42.5 Å². The van der Waals surface area contributed by atoms with Crippen LogP contribution in [0.2, 0.25) is 10.0 Å². The lowest BCUT2D eigenvalue weighted by Gasteiger charge is -2.16. The summed E-state index contributed by atoms with van der Waals surface area (Å²) in [5.41, 5.74) is 2.03. The van der Waals surface area contributed by atoms with E-state index in [1.54, 1.807) is 44.5 Å². The molecule has 0 radical (unpaired) electrons. The molecule has 0 bridgehead atoms. The SMILES string of the molecule is COc1cnc2c(-c3nc4c(Cl)c(F)c(O[C@@H](C)COC(=O)Nc5ccc(OC)nc5)cc4s3)cc(Cl)cc2c1. The molecule has 1 atom stereocenters. The van der Waals surface area contributed by atoms with Crippen molar-refractivity contribution in [2.24, 2.45) is 0 Å². The summed E-state index contributed by atoms with van der Waals surface area (Å²) in [6.07, 6.45) is 1.62. The number of carbonyl (C=O) groups is 1. The zero-order valence-electron chi connectivity index (χ0n) is 21.3. The fraction of sp³-hybridized carbons (Fsp3) is 0.185. The first kappa shape index (κ1) is 27.6. The number of amides is 1. The van der Waals surface area contributed by atoms with Gasteiger partial charge in [0.2, 0.25) is 5.88 Å². The molecule has 0 fully saturated rings. The number of anilines is 1. The zero-order chi connectivity index (χ0) is 28.4. The van der Waals surface area contributed by atoms with E-state index < -0.39 is 18.0 Å². The fourth-order valence-corrected chi connectivity index (χ4v) is 5.36. The summed E-state index contributed by atoms with van der Waals surface area (Å²) in [4.78, 5) is 25.2. The van der Waals surface area contributed by atoms with Crippen LogP contribution in [0.3, 0.4) is 0 Å². The van der Waals surface area contributed by atoms with Gasteiger partial charge in [0.25, 0.3) is 0 Å². The zero-order valence-corrected chi connectivity index (χ0v) is 23.7. The number of benzene rings is 2. The van der Waals surface area contributed by atoms with E-state index in [4.69, 9.17) is 42.1 Å². The van der Waals surface area contributed by atoms with Crippen LogP contribution >= 0.6 is 34.5 Å². The number of methoxy groups -OCH3 is 2. The molecule has 0 aliphatic carbocycles. The summed E-state index contributed by atoms with van der Waals surface area (Å²) in [6.45, 7) is 1.48. The van der Waals surface area contributed by atoms with Crippen LogP contribution in [0.1, 0.15) is 6.92 Å². The highest BCUT2D eigenvalue weighted by Gasteiger charge is 2.21. The number of nitrogens with zero attached hydrogens (tertiary/aromatic N) is 3. The van der Waals surface area contributed by atoms with Gasteiger partial charge >= 0.3 is 6.09 Å². The lowest BCUT2D eigenvalue weighted by atomic mass is 10.1. The molecule has 2 aromatic carbocycles. The van der Waals surface area contributed by atoms with Crippen molar-refractivity contribution in [2.45, 2.75) is 13.0 Å². The maximum Gasteiger partial charge on any atom is 0.411 e. The molecular formula is C27H21Cl2FN4O5S. The molecule has 0 saturated heterocycles. The van der Waals surface area contributed by atoms with Gasteiger partial charge in [-0.05, 0) is 31.2 Å². The number of fused-ring (bicyclic) bond motifs is 2. The standard InChI is InChI=1S/C27H21Cl2FN4O5S/c1-13(12-38-27(35)33-16-4-5-21(37-3)31-10-16)39-19-9-20-25(22(29)23(19)30)34-26(40-20)18-8-15(28)6-14-7-17(36-2)11-32-24(14)18/h4-11,13H,12H2,1-3H3,(H,33,35)/t13-/m0/s1. The molecule has 13 heteroatoms. The van der Waals surface area contributed by atoms with Gasteiger partial charge < -0.3 is 18.9 Å². The number of carbonyl (C=O) groups excluding carboxylic acids is 1. The number of rotatable bonds is 8. The number of aromatic nitrogens is 3. The van der Waals surface area contributed by atoms with Crippen LogP contribution in [0.4, 0.5) is 14.9 Å². The Labute approximate surface area is 241 Å². The minimum absolute atomic E-state index is 0.0950. The number of thiazole rings is 1. The van der Waals surface area contributed by atoms with E-state index in [0.717, 1.165) is 5.39 Å². The molecule has 3 aromatic heterocycles. The Morgan fingerprint density at radius 1 is 1.07 bits per heavy atom. The summed E-state index contributed by atoms with van der Waals surface area (Å²) in [7, 11) is 3.04. The number of ether oxygens (including phenoxy) is 4. The lowest BCUT2D eigenvalue weighted by Crippen LogP contribution is -2.24. The van der Waals surface area contributed by atoms with Gasteiger partial charge in [0.1, 0.15) is 34.0 Å². The van der Waals surface area contributed by atoms with Crippen molar-refractivity contribution in [2.75, 3.05) is 26.1 Å². The predicted octanol–water partition coefficient (Wildman–Crippen LogP) is 7.39. The summed E-state index contributed by atoms with van der Waals surface area (Å²) < 4.78 is 36.9. The third-order valence-electron chi connectivity index (χ3n) is 5.69. The van der Waals surface area contributed by atoms with E-state index in [9.17, 15) is 4.79 Å². The van der Waals surface area contributed by atoms with Crippen LogP contribution < -0.4 is 19.5 Å². The highest BCUT2D eigenvalue weighted by Crippen LogP contribution is 2.41. The smallest absolute Gasteiger partial charge is 0.411 e. The third-order valence-corrected chi connectivity index (χ3v) is 7.29. The van der Waals surface area contributed by atoms with E-state index >= 15 is 4.39 Å². The molecule has 0 unspecified atom stereocenters. The van der Waals surface area contributed by atoms with E-state index in [-0.39, 0.29) is 22.9 Å². The maximum atomic E-state index is 15.2. The molecule has 1 amide bonds. The van der Waals surface area contributed by atoms with Crippen molar-refractivity contribution in [1.82, 2.24) is 15.0 Å². The van der Waals surface area contributed by atoms with Gasteiger partial charge in [-0.25, -0.2) is 19.2 Å². The summed E-state index contributed by atoms with van der Waals surface area (Å²) in [6, 6.07) is 10.1. The Kier molecular flexibility index (Phi) is 8.06. The van der Waals surface area contributed by atoms with Crippen molar-refractivity contribution in [3.8, 4) is 28.0 Å². The van der Waals surface area contributed by atoms with Gasteiger partial charge in [-0.1, -0.05) is 23.2 Å². The quantitative estimate of drug-likeness (QED) is 0.196. The first-order valence-corrected chi connectivity index (χ1v) is 13.4. The lowest BCUT2D eigenvalue weighted by molar-refractivity contribution is 0.0969. The molecule has 0 aliphatic heterocycles. The third kappa shape index (κ3) is 5.81. The van der Waals surface area contributed by atoms with E-state index in [0.29, 0.717) is 43.1 Å². The molecule has 5 rings (SSSR count). The molecule has 40 heavy (non-hydrogen) atoms. The van der Waals surface area contributed by atoms with Gasteiger partial charge in [-0.15, -0.1) is 11.3 Å². The number of hydrogen-bond acceptors (Lipinski definition) is 9. The average molecular weight is 603 g/mol. The Bertz CT molecular complexity index is 1720. The van der Waals surface area contributed by atoms with Crippen LogP contribution in [0, 0.1) is 5.82 Å². The Balaban J connectivity index is 1.33. The molecular weight excluding hydrogens is 582 g/mol. The Morgan fingerprint density at radius 2 is 1.90 bits per heavy atom. The van der Waals surface area contributed by atoms with E-state index in [1.165, 1.54) is 30.7 Å². The predicted molar refractivity (Wildman–Crippen MR) is 153 cm³/mol. The van der Waals surface area contributed by atoms with Gasteiger partial charge in [0, 0.05) is 28.1 Å². The second kappa shape index (κ2) is 11.7. The van der Waals surface area contributed by atoms with Gasteiger partial charge in [0.15, 0.2) is 11.6 Å². The fourth-order valence-electron chi connectivity index (χ4n) is 3.82. The van der Waals surface area contributed by atoms with Crippen LogP contribution in [-0.2, 0) is 4.74 Å². The second-order valence-electron chi connectivity index (χ2n) is 8.51. The highest BCUT2D eigenvalue weighted by molar-refractivity contribution is 7.21. The normalized spacial score (nSPS) is 11.8.